The second-order valence-corrected chi connectivity index (χ2v) is 11.5. The van der Waals surface area contributed by atoms with E-state index in [-0.39, 0.29) is 23.0 Å². The van der Waals surface area contributed by atoms with Crippen molar-refractivity contribution >= 4 is 22.0 Å². The second-order valence-electron chi connectivity index (χ2n) is 10.6. The van der Waals surface area contributed by atoms with Crippen molar-refractivity contribution in [2.24, 2.45) is 28.6 Å². The average molecular weight is 457 g/mol. The van der Waals surface area contributed by atoms with Gasteiger partial charge in [0.15, 0.2) is 0 Å². The first-order valence-electron chi connectivity index (χ1n) is 11.3. The molecular formula is C26H33BrO2. The molecule has 0 aliphatic heterocycles. The third-order valence-corrected chi connectivity index (χ3v) is 9.70. The second kappa shape index (κ2) is 7.07. The van der Waals surface area contributed by atoms with E-state index in [0.29, 0.717) is 17.8 Å². The number of fused-ring (bicyclic) bond motifs is 5. The predicted molar refractivity (Wildman–Crippen MR) is 121 cm³/mol. The number of hydrogen-bond acceptors (Lipinski definition) is 2. The quantitative estimate of drug-likeness (QED) is 0.499. The molecule has 5 rings (SSSR count). The number of aliphatic hydroxyl groups is 2. The molecule has 0 bridgehead atoms. The van der Waals surface area contributed by atoms with Crippen LogP contribution in [0.15, 0.2) is 46.0 Å². The van der Waals surface area contributed by atoms with Crippen LogP contribution in [-0.4, -0.2) is 22.4 Å². The van der Waals surface area contributed by atoms with E-state index in [1.807, 2.05) is 0 Å². The number of halogens is 1. The van der Waals surface area contributed by atoms with E-state index in [1.165, 1.54) is 23.1 Å². The van der Waals surface area contributed by atoms with E-state index < -0.39 is 0 Å². The molecule has 0 aromatic heterocycles. The minimum absolute atomic E-state index is 0.00174. The molecule has 0 amide bonds. The summed E-state index contributed by atoms with van der Waals surface area (Å²) >= 11 is 3.51. The summed E-state index contributed by atoms with van der Waals surface area (Å²) in [4.78, 5) is 0. The molecule has 0 radical (unpaired) electrons. The van der Waals surface area contributed by atoms with Gasteiger partial charge < -0.3 is 10.2 Å². The first kappa shape index (κ1) is 20.0. The summed E-state index contributed by atoms with van der Waals surface area (Å²) in [5.74, 6) is 1.91. The van der Waals surface area contributed by atoms with Crippen molar-refractivity contribution in [3.05, 3.63) is 51.5 Å². The molecule has 7 atom stereocenters. The molecule has 4 aliphatic carbocycles. The normalized spacial score (nSPS) is 45.3. The molecule has 2 N–H and O–H groups in total. The molecular weight excluding hydrogens is 424 g/mol. The highest BCUT2D eigenvalue weighted by Gasteiger charge is 2.59. The number of allylic oxidation sites excluding steroid dienone is 1. The molecule has 1 aromatic carbocycles. The van der Waals surface area contributed by atoms with Crippen molar-refractivity contribution in [2.75, 3.05) is 0 Å². The fourth-order valence-corrected chi connectivity index (χ4v) is 7.68. The van der Waals surface area contributed by atoms with Crippen molar-refractivity contribution in [3.8, 4) is 0 Å². The maximum Gasteiger partial charge on any atom is 0.0809 e. The average Bonchev–Trinajstić information content (AvgIpc) is 2.95. The number of rotatable bonds is 1. The third kappa shape index (κ3) is 3.11. The van der Waals surface area contributed by atoms with E-state index >= 15 is 0 Å². The fraction of sp³-hybridized carbons (Fsp3) is 0.615. The molecule has 3 saturated carbocycles. The Hall–Kier alpha value is -0.900. The summed E-state index contributed by atoms with van der Waals surface area (Å²) < 4.78 is 1.09. The van der Waals surface area contributed by atoms with E-state index in [4.69, 9.17) is 0 Å². The van der Waals surface area contributed by atoms with Gasteiger partial charge in [0, 0.05) is 9.89 Å². The Kier molecular flexibility index (Phi) is 4.88. The molecule has 29 heavy (non-hydrogen) atoms. The highest BCUT2D eigenvalue weighted by Crippen LogP contribution is 2.65. The Morgan fingerprint density at radius 3 is 2.52 bits per heavy atom. The Labute approximate surface area is 183 Å². The molecule has 4 aliphatic rings. The van der Waals surface area contributed by atoms with Crippen molar-refractivity contribution in [1.29, 1.82) is 0 Å². The van der Waals surface area contributed by atoms with Crippen LogP contribution in [-0.2, 0) is 0 Å². The monoisotopic (exact) mass is 456 g/mol. The van der Waals surface area contributed by atoms with Crippen LogP contribution >= 0.6 is 15.9 Å². The van der Waals surface area contributed by atoms with Crippen LogP contribution in [0.25, 0.3) is 6.08 Å². The Morgan fingerprint density at radius 1 is 1.00 bits per heavy atom. The van der Waals surface area contributed by atoms with Gasteiger partial charge in [0.1, 0.15) is 0 Å². The van der Waals surface area contributed by atoms with Gasteiger partial charge in [-0.15, -0.1) is 0 Å². The first-order valence-corrected chi connectivity index (χ1v) is 12.1. The van der Waals surface area contributed by atoms with Gasteiger partial charge in [-0.1, -0.05) is 59.6 Å². The topological polar surface area (TPSA) is 40.5 Å². The molecule has 2 nitrogen and oxygen atoms in total. The van der Waals surface area contributed by atoms with Gasteiger partial charge in [0.2, 0.25) is 0 Å². The smallest absolute Gasteiger partial charge is 0.0809 e. The largest absolute Gasteiger partial charge is 0.393 e. The van der Waals surface area contributed by atoms with Crippen LogP contribution in [0.2, 0.25) is 0 Å². The first-order chi connectivity index (χ1) is 13.8. The van der Waals surface area contributed by atoms with Gasteiger partial charge in [-0.2, -0.15) is 0 Å². The lowest BCUT2D eigenvalue weighted by Crippen LogP contribution is -2.51. The molecule has 0 saturated heterocycles. The fourth-order valence-electron chi connectivity index (χ4n) is 7.41. The summed E-state index contributed by atoms with van der Waals surface area (Å²) in [6.45, 7) is 4.81. The lowest BCUT2D eigenvalue weighted by atomic mass is 9.48. The van der Waals surface area contributed by atoms with E-state index in [1.54, 1.807) is 0 Å². The van der Waals surface area contributed by atoms with E-state index in [9.17, 15) is 10.2 Å². The van der Waals surface area contributed by atoms with Crippen molar-refractivity contribution < 1.29 is 10.2 Å². The van der Waals surface area contributed by atoms with Gasteiger partial charge in [-0.05, 0) is 91.4 Å². The molecule has 7 unspecified atom stereocenters. The van der Waals surface area contributed by atoms with Crippen LogP contribution < -0.4 is 0 Å². The summed E-state index contributed by atoms with van der Waals surface area (Å²) in [5.41, 5.74) is 4.18. The van der Waals surface area contributed by atoms with E-state index in [2.05, 4.69) is 66.2 Å². The third-order valence-electron chi connectivity index (χ3n) is 9.17. The van der Waals surface area contributed by atoms with Crippen LogP contribution in [0.5, 0.6) is 0 Å². The van der Waals surface area contributed by atoms with Crippen molar-refractivity contribution in [2.45, 2.75) is 71.0 Å². The lowest BCUT2D eigenvalue weighted by molar-refractivity contribution is -0.0685. The number of benzene rings is 1. The lowest BCUT2D eigenvalue weighted by Gasteiger charge is -2.57. The predicted octanol–water partition coefficient (Wildman–Crippen LogP) is 6.13. The zero-order valence-corrected chi connectivity index (χ0v) is 19.2. The minimum atomic E-state index is -0.330. The Balaban J connectivity index is 1.46. The zero-order chi connectivity index (χ0) is 20.4. The van der Waals surface area contributed by atoms with Gasteiger partial charge in [0.25, 0.3) is 0 Å². The molecule has 0 spiro atoms. The standard InChI is InChI=1S/C26H33BrO2/c1-25-11-9-20(28)15-18(25)5-8-21-22(25)10-12-26(2)23(21)14-17(24(26)29)13-16-3-6-19(27)7-4-16/h3-7,13,20-24,28-29H,8-12,14-15H2,1-2H3. The van der Waals surface area contributed by atoms with Crippen molar-refractivity contribution in [3.63, 3.8) is 0 Å². The molecule has 3 heteroatoms. The van der Waals surface area contributed by atoms with Gasteiger partial charge >= 0.3 is 0 Å². The summed E-state index contributed by atoms with van der Waals surface area (Å²) in [6.07, 6.45) is 11.6. The van der Waals surface area contributed by atoms with Crippen molar-refractivity contribution in [1.82, 2.24) is 0 Å². The summed E-state index contributed by atoms with van der Waals surface area (Å²) in [6, 6.07) is 8.40. The van der Waals surface area contributed by atoms with Crippen LogP contribution in [0.3, 0.4) is 0 Å². The highest BCUT2D eigenvalue weighted by atomic mass is 79.9. The maximum atomic E-state index is 11.4. The molecule has 0 heterocycles. The van der Waals surface area contributed by atoms with Crippen LogP contribution in [0, 0.1) is 28.6 Å². The Bertz CT molecular complexity index is 856. The highest BCUT2D eigenvalue weighted by molar-refractivity contribution is 9.10. The maximum absolute atomic E-state index is 11.4. The van der Waals surface area contributed by atoms with Crippen LogP contribution in [0.1, 0.15) is 64.4 Å². The summed E-state index contributed by atoms with van der Waals surface area (Å²) in [5, 5.41) is 21.5. The minimum Gasteiger partial charge on any atom is -0.393 e. The zero-order valence-electron chi connectivity index (χ0n) is 17.6. The van der Waals surface area contributed by atoms with Gasteiger partial charge in [0.05, 0.1) is 12.2 Å². The van der Waals surface area contributed by atoms with Crippen LogP contribution in [0.4, 0.5) is 0 Å². The van der Waals surface area contributed by atoms with Gasteiger partial charge in [-0.25, -0.2) is 0 Å². The molecule has 156 valence electrons. The molecule has 1 aromatic rings. The number of aliphatic hydroxyl groups excluding tert-OH is 2. The van der Waals surface area contributed by atoms with Gasteiger partial charge in [-0.3, -0.25) is 0 Å². The number of hydrogen-bond donors (Lipinski definition) is 2. The Morgan fingerprint density at radius 2 is 1.76 bits per heavy atom. The van der Waals surface area contributed by atoms with E-state index in [0.717, 1.165) is 43.0 Å². The summed E-state index contributed by atoms with van der Waals surface area (Å²) in [7, 11) is 0. The molecule has 3 fully saturated rings. The SMILES string of the molecule is CC12CCC(O)CC1=CCC1C2CCC2(C)C(O)C(=Cc3ccc(Br)cc3)CC12.